The number of hydrogen-bond acceptors (Lipinski definition) is 3. The quantitative estimate of drug-likeness (QED) is 0.654. The van der Waals surface area contributed by atoms with E-state index in [1.807, 2.05) is 54.8 Å². The van der Waals surface area contributed by atoms with E-state index in [-0.39, 0.29) is 0 Å². The van der Waals surface area contributed by atoms with Crippen LogP contribution in [0.5, 0.6) is 5.75 Å². The molecule has 0 radical (unpaired) electrons. The number of hydrogen-bond donors (Lipinski definition) is 2. The van der Waals surface area contributed by atoms with Gasteiger partial charge in [0.05, 0.1) is 7.11 Å². The second kappa shape index (κ2) is 6.29. The van der Waals surface area contributed by atoms with E-state index >= 15 is 0 Å². The van der Waals surface area contributed by atoms with Crippen molar-refractivity contribution >= 4 is 22.6 Å². The Morgan fingerprint density at radius 2 is 1.79 bits per heavy atom. The van der Waals surface area contributed by atoms with Crippen molar-refractivity contribution in [2.24, 2.45) is 0 Å². The molecule has 0 saturated carbocycles. The van der Waals surface area contributed by atoms with Crippen molar-refractivity contribution in [3.05, 3.63) is 48.5 Å². The third kappa shape index (κ3) is 3.29. The zero-order valence-electron chi connectivity index (χ0n) is 10.9. The van der Waals surface area contributed by atoms with Gasteiger partial charge in [-0.25, -0.2) is 0 Å². The molecule has 0 fully saturated rings. The summed E-state index contributed by atoms with van der Waals surface area (Å²) < 4.78 is 5.16. The molecule has 0 aromatic heterocycles. The molecular weight excluding hydrogens is 256 g/mol. The van der Waals surface area contributed by atoms with Crippen LogP contribution in [0.3, 0.4) is 0 Å². The number of thioether (sulfide) groups is 1. The molecule has 0 unspecified atom stereocenters. The smallest absolute Gasteiger partial charge is 0.157 e. The summed E-state index contributed by atoms with van der Waals surface area (Å²) in [6, 6.07) is 15.9. The Labute approximate surface area is 117 Å². The van der Waals surface area contributed by atoms with E-state index in [1.54, 1.807) is 7.11 Å². The predicted molar refractivity (Wildman–Crippen MR) is 83.3 cm³/mol. The normalized spacial score (nSPS) is 10.0. The Hall–Kier alpha value is -1.94. The molecule has 3 nitrogen and oxygen atoms in total. The summed E-state index contributed by atoms with van der Waals surface area (Å²) in [6.07, 6.45) is 1.88. The molecule has 2 aromatic carbocycles. The summed E-state index contributed by atoms with van der Waals surface area (Å²) >= 11 is 1.38. The zero-order valence-corrected chi connectivity index (χ0v) is 11.8. The molecule has 2 rings (SSSR count). The van der Waals surface area contributed by atoms with Gasteiger partial charge in [0.1, 0.15) is 5.75 Å². The number of rotatable bonds is 3. The van der Waals surface area contributed by atoms with Crippen molar-refractivity contribution in [3.8, 4) is 16.9 Å². The SMILES string of the molecule is COc1ccc(-c2ccccc2NC(=N)SC)cc1. The van der Waals surface area contributed by atoms with Gasteiger partial charge in [-0.1, -0.05) is 42.1 Å². The summed E-state index contributed by atoms with van der Waals surface area (Å²) in [5, 5.41) is 11.3. The second-order valence-electron chi connectivity index (χ2n) is 3.93. The topological polar surface area (TPSA) is 45.1 Å². The summed E-state index contributed by atoms with van der Waals surface area (Å²) in [6.45, 7) is 0. The molecule has 19 heavy (non-hydrogen) atoms. The molecule has 98 valence electrons. The van der Waals surface area contributed by atoms with Gasteiger partial charge in [0.2, 0.25) is 0 Å². The van der Waals surface area contributed by atoms with Crippen LogP contribution in [0.25, 0.3) is 11.1 Å². The lowest BCUT2D eigenvalue weighted by Crippen LogP contribution is -2.06. The Morgan fingerprint density at radius 3 is 2.42 bits per heavy atom. The van der Waals surface area contributed by atoms with E-state index in [2.05, 4.69) is 5.32 Å². The van der Waals surface area contributed by atoms with E-state index in [0.29, 0.717) is 5.17 Å². The molecule has 0 atom stereocenters. The predicted octanol–water partition coefficient (Wildman–Crippen LogP) is 4.07. The fourth-order valence-electron chi connectivity index (χ4n) is 1.79. The lowest BCUT2D eigenvalue weighted by molar-refractivity contribution is 0.415. The van der Waals surface area contributed by atoms with Crippen molar-refractivity contribution in [1.82, 2.24) is 0 Å². The maximum atomic E-state index is 7.73. The molecule has 0 aliphatic carbocycles. The monoisotopic (exact) mass is 272 g/mol. The van der Waals surface area contributed by atoms with Gasteiger partial charge in [0.15, 0.2) is 5.17 Å². The number of anilines is 1. The molecule has 2 N–H and O–H groups in total. The highest BCUT2D eigenvalue weighted by molar-refractivity contribution is 8.13. The number of para-hydroxylation sites is 1. The van der Waals surface area contributed by atoms with Gasteiger partial charge in [0.25, 0.3) is 0 Å². The molecule has 4 heteroatoms. The minimum atomic E-state index is 0.431. The third-order valence-corrected chi connectivity index (χ3v) is 3.29. The van der Waals surface area contributed by atoms with E-state index in [1.165, 1.54) is 11.8 Å². The van der Waals surface area contributed by atoms with Crippen LogP contribution in [-0.2, 0) is 0 Å². The molecule has 2 aromatic rings. The largest absolute Gasteiger partial charge is 0.497 e. The van der Waals surface area contributed by atoms with Crippen LogP contribution >= 0.6 is 11.8 Å². The molecule has 0 bridgehead atoms. The van der Waals surface area contributed by atoms with Crippen molar-refractivity contribution in [2.75, 3.05) is 18.7 Å². The number of ether oxygens (including phenoxy) is 1. The first kappa shape index (κ1) is 13.5. The van der Waals surface area contributed by atoms with E-state index in [9.17, 15) is 0 Å². The van der Waals surface area contributed by atoms with Crippen molar-refractivity contribution in [3.63, 3.8) is 0 Å². The standard InChI is InChI=1S/C15H16N2OS/c1-18-12-9-7-11(8-10-12)13-5-3-4-6-14(13)17-15(16)19-2/h3-10H,1-2H3,(H2,16,17). The van der Waals surface area contributed by atoms with Gasteiger partial charge < -0.3 is 10.1 Å². The van der Waals surface area contributed by atoms with E-state index in [0.717, 1.165) is 22.6 Å². The molecule has 0 saturated heterocycles. The average Bonchev–Trinajstić information content (AvgIpc) is 2.48. The van der Waals surface area contributed by atoms with Crippen molar-refractivity contribution < 1.29 is 4.74 Å². The second-order valence-corrected chi connectivity index (χ2v) is 4.75. The van der Waals surface area contributed by atoms with Crippen LogP contribution < -0.4 is 10.1 Å². The maximum absolute atomic E-state index is 7.73. The zero-order chi connectivity index (χ0) is 13.7. The highest BCUT2D eigenvalue weighted by Gasteiger charge is 2.05. The van der Waals surface area contributed by atoms with Crippen molar-refractivity contribution in [2.45, 2.75) is 0 Å². The highest BCUT2D eigenvalue weighted by Crippen LogP contribution is 2.29. The lowest BCUT2D eigenvalue weighted by atomic mass is 10.0. The summed E-state index contributed by atoms with van der Waals surface area (Å²) in [5.41, 5.74) is 3.11. The van der Waals surface area contributed by atoms with E-state index < -0.39 is 0 Å². The third-order valence-electron chi connectivity index (χ3n) is 2.78. The molecule has 0 aliphatic heterocycles. The van der Waals surface area contributed by atoms with Crippen LogP contribution in [0.2, 0.25) is 0 Å². The van der Waals surface area contributed by atoms with Gasteiger partial charge >= 0.3 is 0 Å². The van der Waals surface area contributed by atoms with Crippen LogP contribution in [0.1, 0.15) is 0 Å². The Morgan fingerprint density at radius 1 is 1.11 bits per heavy atom. The molecular formula is C15H16N2OS. The number of benzene rings is 2. The van der Waals surface area contributed by atoms with Gasteiger partial charge in [0, 0.05) is 11.3 Å². The van der Waals surface area contributed by atoms with Gasteiger partial charge in [-0.05, 0) is 30.0 Å². The Kier molecular flexibility index (Phi) is 4.47. The first-order chi connectivity index (χ1) is 9.24. The lowest BCUT2D eigenvalue weighted by Gasteiger charge is -2.12. The van der Waals surface area contributed by atoms with Crippen molar-refractivity contribution in [1.29, 1.82) is 5.41 Å². The molecule has 0 spiro atoms. The Balaban J connectivity index is 2.35. The van der Waals surface area contributed by atoms with Crippen LogP contribution in [0, 0.1) is 5.41 Å². The average molecular weight is 272 g/mol. The number of nitrogens with one attached hydrogen (secondary N) is 2. The minimum Gasteiger partial charge on any atom is -0.497 e. The number of methoxy groups -OCH3 is 1. The Bertz CT molecular complexity index is 567. The molecule has 0 amide bonds. The fourth-order valence-corrected chi connectivity index (χ4v) is 2.00. The van der Waals surface area contributed by atoms with Crippen LogP contribution in [-0.4, -0.2) is 18.5 Å². The van der Waals surface area contributed by atoms with Gasteiger partial charge in [-0.2, -0.15) is 0 Å². The first-order valence-corrected chi connectivity index (χ1v) is 7.10. The summed E-state index contributed by atoms with van der Waals surface area (Å²) in [4.78, 5) is 0. The van der Waals surface area contributed by atoms with Gasteiger partial charge in [-0.15, -0.1) is 0 Å². The van der Waals surface area contributed by atoms with Gasteiger partial charge in [-0.3, -0.25) is 5.41 Å². The molecule has 0 heterocycles. The highest BCUT2D eigenvalue weighted by atomic mass is 32.2. The first-order valence-electron chi connectivity index (χ1n) is 5.87. The summed E-state index contributed by atoms with van der Waals surface area (Å²) in [5.74, 6) is 0.839. The van der Waals surface area contributed by atoms with E-state index in [4.69, 9.17) is 10.1 Å². The van der Waals surface area contributed by atoms with Crippen LogP contribution in [0.4, 0.5) is 5.69 Å². The van der Waals surface area contributed by atoms with Crippen LogP contribution in [0.15, 0.2) is 48.5 Å². The number of amidine groups is 1. The minimum absolute atomic E-state index is 0.431. The maximum Gasteiger partial charge on any atom is 0.157 e. The molecule has 0 aliphatic rings. The summed E-state index contributed by atoms with van der Waals surface area (Å²) in [7, 11) is 1.66. The fraction of sp³-hybridized carbons (Fsp3) is 0.133.